The van der Waals surface area contributed by atoms with E-state index in [0.29, 0.717) is 45.4 Å². The highest BCUT2D eigenvalue weighted by Crippen LogP contribution is 2.48. The average molecular weight is 763 g/mol. The summed E-state index contributed by atoms with van der Waals surface area (Å²) in [6.45, 7) is 5.85. The van der Waals surface area contributed by atoms with E-state index in [-0.39, 0.29) is 37.5 Å². The van der Waals surface area contributed by atoms with Crippen molar-refractivity contribution < 1.29 is 19.2 Å². The molecule has 53 heavy (non-hydrogen) atoms. The molecule has 0 radical (unpaired) electrons. The molecule has 2 aliphatic heterocycles. The number of nitrogens with zero attached hydrogens (tertiary/aromatic N) is 6. The van der Waals surface area contributed by atoms with Gasteiger partial charge in [0.25, 0.3) is 11.6 Å². The predicted octanol–water partition coefficient (Wildman–Crippen LogP) is 9.02. The number of carbonyl (C=O) groups is 1. The summed E-state index contributed by atoms with van der Waals surface area (Å²) in [5, 5.41) is 11.9. The van der Waals surface area contributed by atoms with Crippen molar-refractivity contribution in [1.29, 1.82) is 0 Å². The quantitative estimate of drug-likeness (QED) is 0.119. The van der Waals surface area contributed by atoms with Gasteiger partial charge >= 0.3 is 5.97 Å². The maximum absolute atomic E-state index is 11.5. The monoisotopic (exact) mass is 761 g/mol. The summed E-state index contributed by atoms with van der Waals surface area (Å²) in [7, 11) is 1.89. The first-order valence-electron chi connectivity index (χ1n) is 16.6. The summed E-state index contributed by atoms with van der Waals surface area (Å²) in [6, 6.07) is 21.9. The van der Waals surface area contributed by atoms with Gasteiger partial charge < -0.3 is 19.8 Å². The van der Waals surface area contributed by atoms with Crippen molar-refractivity contribution >= 4 is 84.9 Å². The Morgan fingerprint density at radius 3 is 1.85 bits per heavy atom. The third kappa shape index (κ3) is 5.21. The van der Waals surface area contributed by atoms with Crippen molar-refractivity contribution in [2.45, 2.75) is 26.2 Å². The fourth-order valence-corrected chi connectivity index (χ4v) is 7.77. The summed E-state index contributed by atoms with van der Waals surface area (Å²) in [4.78, 5) is 43.8. The lowest BCUT2D eigenvalue weighted by atomic mass is 9.86. The first-order valence-corrected chi connectivity index (χ1v) is 17.7. The molecule has 0 amide bonds. The van der Waals surface area contributed by atoms with Crippen LogP contribution in [0.3, 0.4) is 0 Å². The second kappa shape index (κ2) is 12.0. The van der Waals surface area contributed by atoms with Gasteiger partial charge in [0.05, 0.1) is 39.0 Å². The molecule has 9 rings (SSSR count). The minimum Gasteiger partial charge on any atom is -0.479 e. The van der Waals surface area contributed by atoms with Crippen molar-refractivity contribution in [1.82, 2.24) is 34.9 Å². The molecule has 11 nitrogen and oxygen atoms in total. The van der Waals surface area contributed by atoms with Gasteiger partial charge in [-0.25, -0.2) is 24.3 Å². The first kappa shape index (κ1) is 33.2. The van der Waals surface area contributed by atoms with Crippen LogP contribution in [0.15, 0.2) is 66.7 Å². The molecule has 0 unspecified atom stereocenters. The number of rotatable bonds is 3. The molecule has 14 heteroatoms. The highest BCUT2D eigenvalue weighted by Gasteiger charge is 2.31. The fourth-order valence-electron chi connectivity index (χ4n) is 6.88. The third-order valence-corrected chi connectivity index (χ3v) is 10.7. The molecular formula is C39H28Cl3N8O3+. The first-order chi connectivity index (χ1) is 25.4. The minimum absolute atomic E-state index is 0.0178. The lowest BCUT2D eigenvalue weighted by molar-refractivity contribution is -0.650. The number of halogens is 3. The molecular weight excluding hydrogens is 735 g/mol. The number of aromatic amines is 2. The van der Waals surface area contributed by atoms with Gasteiger partial charge in [-0.15, -0.1) is 0 Å². The minimum atomic E-state index is -1.21. The van der Waals surface area contributed by atoms with Crippen molar-refractivity contribution in [3.05, 3.63) is 87.4 Å². The van der Waals surface area contributed by atoms with E-state index in [4.69, 9.17) is 64.5 Å². The van der Waals surface area contributed by atoms with Crippen LogP contribution < -0.4 is 9.30 Å². The number of H-pyrrole nitrogens is 2. The lowest BCUT2D eigenvalue weighted by Gasteiger charge is -2.18. The van der Waals surface area contributed by atoms with Crippen LogP contribution in [0.2, 0.25) is 15.1 Å². The van der Waals surface area contributed by atoms with E-state index in [1.807, 2.05) is 60.1 Å². The third-order valence-electron chi connectivity index (χ3n) is 9.50. The molecule has 0 aliphatic carbocycles. The molecule has 0 saturated carbocycles. The largest absolute Gasteiger partial charge is 0.479 e. The van der Waals surface area contributed by atoms with Crippen molar-refractivity contribution in [2.75, 3.05) is 6.61 Å². The molecule has 0 fully saturated rings. The van der Waals surface area contributed by atoms with Crippen LogP contribution in [0, 0.1) is 0 Å². The summed E-state index contributed by atoms with van der Waals surface area (Å²) < 4.78 is 7.46. The second-order valence-corrected chi connectivity index (χ2v) is 15.0. The van der Waals surface area contributed by atoms with Gasteiger partial charge in [0, 0.05) is 21.9 Å². The number of carboxylic acid groups (broad SMARTS) is 1. The molecule has 4 aromatic carbocycles. The number of hydrogen-bond donors (Lipinski definition) is 3. The van der Waals surface area contributed by atoms with Gasteiger partial charge in [0.1, 0.15) is 16.3 Å². The molecule has 7 aromatic rings. The van der Waals surface area contributed by atoms with Crippen LogP contribution in [0.4, 0.5) is 0 Å². The molecule has 0 spiro atoms. The van der Waals surface area contributed by atoms with Gasteiger partial charge in [-0.05, 0) is 29.2 Å². The van der Waals surface area contributed by atoms with Gasteiger partial charge in [-0.1, -0.05) is 114 Å². The Morgan fingerprint density at radius 2 is 1.23 bits per heavy atom. The Kier molecular flexibility index (Phi) is 7.50. The Balaban J connectivity index is 1.50. The van der Waals surface area contributed by atoms with Crippen LogP contribution in [0.1, 0.15) is 26.3 Å². The number of fused-ring (bicyclic) bond motifs is 20. The average Bonchev–Trinajstić information content (AvgIpc) is 3.84. The van der Waals surface area contributed by atoms with Crippen LogP contribution in [0.5, 0.6) is 5.75 Å². The molecule has 262 valence electrons. The molecule has 0 saturated heterocycles. The van der Waals surface area contributed by atoms with E-state index < -0.39 is 12.6 Å². The number of carboxylic acids is 1. The van der Waals surface area contributed by atoms with E-state index in [9.17, 15) is 9.90 Å². The summed E-state index contributed by atoms with van der Waals surface area (Å²) in [5.41, 5.74) is 6.07. The molecule has 5 heterocycles. The maximum atomic E-state index is 11.5. The van der Waals surface area contributed by atoms with Crippen molar-refractivity contribution in [3.8, 4) is 51.3 Å². The Labute approximate surface area is 316 Å². The molecule has 2 aliphatic rings. The lowest BCUT2D eigenvalue weighted by Crippen LogP contribution is -2.30. The number of aromatic nitrogens is 8. The van der Waals surface area contributed by atoms with E-state index in [2.05, 4.69) is 48.9 Å². The van der Waals surface area contributed by atoms with Crippen LogP contribution in [-0.2, 0) is 17.3 Å². The zero-order valence-electron chi connectivity index (χ0n) is 28.6. The normalized spacial score (nSPS) is 12.3. The molecule has 8 bridgehead atoms. The standard InChI is InChI=1S/C39H27Cl3N8O3/c1-39(2,3)17-13-14-20-23(15-17)34-45-33(20)44-31-18-9-5-6-10-19(18)32(43-31)46-35-25-26(28(41)30(29(42)27(25)40)53-16-24(51)52)36(47-35)49-38-22-12-8-7-11-21(22)37(48-34)50(38)4/h5-15H,16H2,1-4H3,(H2,43,44,45,46,47,48,49,51,52)/p+1. The van der Waals surface area contributed by atoms with Crippen molar-refractivity contribution in [2.24, 2.45) is 7.05 Å². The summed E-state index contributed by atoms with van der Waals surface area (Å²) in [6.07, 6.45) is 0. The van der Waals surface area contributed by atoms with E-state index in [1.54, 1.807) is 0 Å². The van der Waals surface area contributed by atoms with E-state index >= 15 is 0 Å². The van der Waals surface area contributed by atoms with Crippen LogP contribution in [0.25, 0.3) is 89.7 Å². The smallest absolute Gasteiger partial charge is 0.341 e. The van der Waals surface area contributed by atoms with Gasteiger partial charge in [0.2, 0.25) is 11.3 Å². The second-order valence-electron chi connectivity index (χ2n) is 13.9. The fraction of sp³-hybridized carbons (Fsp3) is 0.154. The number of benzene rings is 4. The SMILES string of the molecule is C[n+]1c2nc3[nH]c(nc4nc(nc5[nH]c(nc1-c1ccccc1-2)c1c(Cl)c(OCC(=O)O)c(Cl)c(Cl)c51)-c1ccccc1-4)c1ccc(C(C)(C)C)cc31. The molecule has 3 N–H and O–H groups in total. The highest BCUT2D eigenvalue weighted by atomic mass is 35.5. The van der Waals surface area contributed by atoms with Crippen LogP contribution in [-0.4, -0.2) is 52.6 Å². The Morgan fingerprint density at radius 1 is 0.698 bits per heavy atom. The van der Waals surface area contributed by atoms with Crippen LogP contribution >= 0.6 is 34.8 Å². The van der Waals surface area contributed by atoms with E-state index in [1.165, 1.54) is 0 Å². The van der Waals surface area contributed by atoms with Crippen molar-refractivity contribution in [3.63, 3.8) is 0 Å². The van der Waals surface area contributed by atoms with Gasteiger partial charge in [0.15, 0.2) is 24.0 Å². The number of hydrogen-bond acceptors (Lipinski definition) is 7. The Hall–Kier alpha value is -5.62. The summed E-state index contributed by atoms with van der Waals surface area (Å²) in [5.74, 6) is 0.749. The zero-order valence-corrected chi connectivity index (χ0v) is 30.9. The number of aliphatic carboxylic acids is 1. The number of ether oxygens (including phenoxy) is 1. The molecule has 0 atom stereocenters. The topological polar surface area (TPSA) is 146 Å². The highest BCUT2D eigenvalue weighted by molar-refractivity contribution is 6.51. The van der Waals surface area contributed by atoms with Gasteiger partial charge in [-0.3, -0.25) is 0 Å². The summed E-state index contributed by atoms with van der Waals surface area (Å²) >= 11 is 20.7. The Bertz CT molecular complexity index is 2930. The van der Waals surface area contributed by atoms with Gasteiger partial charge in [-0.2, -0.15) is 0 Å². The zero-order chi connectivity index (χ0) is 36.9. The number of nitrogens with one attached hydrogen (secondary N) is 2. The maximum Gasteiger partial charge on any atom is 0.341 e. The van der Waals surface area contributed by atoms with E-state index in [0.717, 1.165) is 38.6 Å². The predicted molar refractivity (Wildman–Crippen MR) is 206 cm³/mol. The molecule has 3 aromatic heterocycles.